The monoisotopic (exact) mass is 667 g/mol. The number of benzene rings is 7. The van der Waals surface area contributed by atoms with E-state index in [1.807, 2.05) is 23.9 Å². The van der Waals surface area contributed by atoms with Gasteiger partial charge in [-0.1, -0.05) is 157 Å². The molecule has 3 nitrogen and oxygen atoms in total. The minimum Gasteiger partial charge on any atom is -0.278 e. The second kappa shape index (κ2) is 10.9. The first-order chi connectivity index (χ1) is 25.3. The Morgan fingerprint density at radius 2 is 0.961 bits per heavy atom. The molecule has 7 aromatic carbocycles. The van der Waals surface area contributed by atoms with Crippen LogP contribution < -0.4 is 0 Å². The largest absolute Gasteiger partial charge is 0.278 e. The molecule has 1 aliphatic carbocycles. The second-order valence-electron chi connectivity index (χ2n) is 13.3. The van der Waals surface area contributed by atoms with Gasteiger partial charge < -0.3 is 0 Å². The zero-order valence-electron chi connectivity index (χ0n) is 27.5. The Labute approximate surface area is 299 Å². The van der Waals surface area contributed by atoms with Crippen LogP contribution in [0.1, 0.15) is 22.3 Å². The molecule has 0 amide bonds. The van der Waals surface area contributed by atoms with Gasteiger partial charge in [0, 0.05) is 31.7 Å². The lowest BCUT2D eigenvalue weighted by Crippen LogP contribution is -2.32. The number of para-hydroxylation sites is 1. The summed E-state index contributed by atoms with van der Waals surface area (Å²) in [5.74, 6) is 0.659. The maximum absolute atomic E-state index is 5.33. The van der Waals surface area contributed by atoms with Crippen molar-refractivity contribution in [1.29, 1.82) is 0 Å². The van der Waals surface area contributed by atoms with Crippen LogP contribution in [0.25, 0.3) is 61.4 Å². The Kier molecular flexibility index (Phi) is 6.10. The molecule has 0 saturated carbocycles. The summed E-state index contributed by atoms with van der Waals surface area (Å²) >= 11 is 1.88. The molecule has 238 valence electrons. The number of rotatable bonds is 3. The summed E-state index contributed by atoms with van der Waals surface area (Å²) in [5, 5.41) is 2.38. The molecular weight excluding hydrogens is 639 g/mol. The summed E-state index contributed by atoms with van der Waals surface area (Å²) in [6.07, 6.45) is 0. The molecule has 9 aromatic rings. The van der Waals surface area contributed by atoms with Gasteiger partial charge >= 0.3 is 0 Å². The topological polar surface area (TPSA) is 30.7 Å². The van der Waals surface area contributed by atoms with E-state index in [2.05, 4.69) is 168 Å². The average Bonchev–Trinajstić information content (AvgIpc) is 3.68. The van der Waals surface area contributed by atoms with E-state index in [1.165, 1.54) is 53.9 Å². The Morgan fingerprint density at radius 1 is 0.412 bits per heavy atom. The SMILES string of the molecule is c1ccc(-c2cc(-c3ccccc3)nc(-n3c4ccccc4c4cc5c(cc43)C3(c4ccccc4S5)c4ccccc4-c4ccccc43)n2)cc1. The maximum atomic E-state index is 5.33. The average molecular weight is 668 g/mol. The molecule has 0 saturated heterocycles. The molecule has 0 radical (unpaired) electrons. The number of nitrogens with zero attached hydrogens (tertiary/aromatic N) is 3. The van der Waals surface area contributed by atoms with Crippen molar-refractivity contribution in [2.75, 3.05) is 0 Å². The zero-order valence-corrected chi connectivity index (χ0v) is 28.3. The van der Waals surface area contributed by atoms with E-state index in [0.717, 1.165) is 33.5 Å². The molecule has 0 unspecified atom stereocenters. The highest BCUT2D eigenvalue weighted by Gasteiger charge is 2.50. The number of aromatic nitrogens is 3. The lowest BCUT2D eigenvalue weighted by Gasteiger charge is -2.39. The summed E-state index contributed by atoms with van der Waals surface area (Å²) in [5.41, 5.74) is 13.5. The van der Waals surface area contributed by atoms with Crippen LogP contribution in [0.2, 0.25) is 0 Å². The van der Waals surface area contributed by atoms with E-state index in [-0.39, 0.29) is 0 Å². The standard InChI is InChI=1S/C47H29N3S/c1-3-15-30(16-4-1)40-29-41(31-17-5-2-6-18-31)49-46(48-40)50-42-25-13-9-21-34(42)35-27-45-39(28-43(35)50)47(38-24-12-14-26-44(38)51-45)36-22-10-7-19-32(36)33-20-8-11-23-37(33)47/h1-29H. The summed E-state index contributed by atoms with van der Waals surface area (Å²) in [6, 6.07) is 63.5. The van der Waals surface area contributed by atoms with Crippen LogP contribution in [-0.4, -0.2) is 14.5 Å². The maximum Gasteiger partial charge on any atom is 0.235 e. The van der Waals surface area contributed by atoms with Gasteiger partial charge in [-0.25, -0.2) is 9.97 Å². The molecule has 2 aliphatic rings. The van der Waals surface area contributed by atoms with Gasteiger partial charge in [0.2, 0.25) is 5.95 Å². The summed E-state index contributed by atoms with van der Waals surface area (Å²) in [4.78, 5) is 13.2. The first-order valence-electron chi connectivity index (χ1n) is 17.3. The zero-order chi connectivity index (χ0) is 33.5. The highest BCUT2D eigenvalue weighted by atomic mass is 32.2. The van der Waals surface area contributed by atoms with E-state index in [4.69, 9.17) is 9.97 Å². The third kappa shape index (κ3) is 4.02. The quantitative estimate of drug-likeness (QED) is 0.188. The first kappa shape index (κ1) is 28.6. The van der Waals surface area contributed by atoms with Gasteiger partial charge in [0.25, 0.3) is 0 Å². The van der Waals surface area contributed by atoms with E-state index < -0.39 is 5.41 Å². The minimum absolute atomic E-state index is 0.470. The van der Waals surface area contributed by atoms with Crippen molar-refractivity contribution in [1.82, 2.24) is 14.5 Å². The second-order valence-corrected chi connectivity index (χ2v) is 14.4. The van der Waals surface area contributed by atoms with E-state index in [1.54, 1.807) is 0 Å². The van der Waals surface area contributed by atoms with Gasteiger partial charge in [-0.2, -0.15) is 0 Å². The van der Waals surface area contributed by atoms with Crippen LogP contribution in [-0.2, 0) is 5.41 Å². The molecule has 1 aliphatic heterocycles. The van der Waals surface area contributed by atoms with Gasteiger partial charge in [0.15, 0.2) is 0 Å². The third-order valence-electron chi connectivity index (χ3n) is 10.7. The Hall–Kier alpha value is -6.23. The van der Waals surface area contributed by atoms with Gasteiger partial charge in [-0.15, -0.1) is 0 Å². The highest BCUT2D eigenvalue weighted by Crippen LogP contribution is 2.62. The fraction of sp³-hybridized carbons (Fsp3) is 0.0213. The van der Waals surface area contributed by atoms with Crippen LogP contribution in [0.3, 0.4) is 0 Å². The van der Waals surface area contributed by atoms with Crippen molar-refractivity contribution in [3.63, 3.8) is 0 Å². The van der Waals surface area contributed by atoms with Crippen molar-refractivity contribution in [3.05, 3.63) is 198 Å². The molecule has 0 N–H and O–H groups in total. The molecule has 0 fully saturated rings. The van der Waals surface area contributed by atoms with Crippen LogP contribution >= 0.6 is 11.8 Å². The van der Waals surface area contributed by atoms with Gasteiger partial charge in [0.05, 0.1) is 27.8 Å². The normalized spacial score (nSPS) is 13.6. The van der Waals surface area contributed by atoms with E-state index in [9.17, 15) is 0 Å². The molecule has 51 heavy (non-hydrogen) atoms. The summed E-state index contributed by atoms with van der Waals surface area (Å²) in [7, 11) is 0. The predicted octanol–water partition coefficient (Wildman–Crippen LogP) is 11.7. The fourth-order valence-corrected chi connectivity index (χ4v) is 9.79. The molecule has 11 rings (SSSR count). The molecule has 1 spiro atoms. The predicted molar refractivity (Wildman–Crippen MR) is 209 cm³/mol. The lowest BCUT2D eigenvalue weighted by molar-refractivity contribution is 0.723. The summed E-state index contributed by atoms with van der Waals surface area (Å²) in [6.45, 7) is 0. The third-order valence-corrected chi connectivity index (χ3v) is 11.8. The van der Waals surface area contributed by atoms with Crippen LogP contribution in [0.4, 0.5) is 0 Å². The van der Waals surface area contributed by atoms with Gasteiger partial charge in [-0.05, 0) is 63.7 Å². The number of hydrogen-bond donors (Lipinski definition) is 0. The van der Waals surface area contributed by atoms with Crippen molar-refractivity contribution in [2.45, 2.75) is 15.2 Å². The molecule has 0 bridgehead atoms. The van der Waals surface area contributed by atoms with E-state index >= 15 is 0 Å². The molecular formula is C47H29N3S. The van der Waals surface area contributed by atoms with Crippen LogP contribution in [0.15, 0.2) is 186 Å². The van der Waals surface area contributed by atoms with Crippen LogP contribution in [0.5, 0.6) is 0 Å². The molecule has 2 aromatic heterocycles. The molecule has 4 heteroatoms. The highest BCUT2D eigenvalue weighted by molar-refractivity contribution is 7.99. The number of hydrogen-bond acceptors (Lipinski definition) is 3. The van der Waals surface area contributed by atoms with Crippen molar-refractivity contribution in [3.8, 4) is 39.6 Å². The fourth-order valence-electron chi connectivity index (χ4n) is 8.58. The van der Waals surface area contributed by atoms with Crippen molar-refractivity contribution < 1.29 is 0 Å². The molecule has 0 atom stereocenters. The Balaban J connectivity index is 1.27. The van der Waals surface area contributed by atoms with Crippen molar-refractivity contribution >= 4 is 33.6 Å². The Bertz CT molecular complexity index is 2730. The van der Waals surface area contributed by atoms with E-state index in [0.29, 0.717) is 5.95 Å². The Morgan fingerprint density at radius 3 is 1.63 bits per heavy atom. The van der Waals surface area contributed by atoms with Crippen molar-refractivity contribution in [2.24, 2.45) is 0 Å². The summed E-state index contributed by atoms with van der Waals surface area (Å²) < 4.78 is 2.29. The first-order valence-corrected chi connectivity index (χ1v) is 18.2. The van der Waals surface area contributed by atoms with Gasteiger partial charge in [-0.3, -0.25) is 4.57 Å². The molecule has 3 heterocycles. The smallest absolute Gasteiger partial charge is 0.235 e. The minimum atomic E-state index is -0.470. The van der Waals surface area contributed by atoms with Crippen LogP contribution in [0, 0.1) is 0 Å². The lowest BCUT2D eigenvalue weighted by atomic mass is 9.67. The number of fused-ring (bicyclic) bond motifs is 12. The van der Waals surface area contributed by atoms with Gasteiger partial charge in [0.1, 0.15) is 0 Å².